The molecule has 71 heavy (non-hydrogen) atoms. The number of ether oxygens (including phenoxy) is 6. The van der Waals surface area contributed by atoms with Crippen LogP contribution in [0.5, 0.6) is 0 Å². The number of esters is 2. The molecule has 2 rings (SSSR count). The van der Waals surface area contributed by atoms with Crippen LogP contribution in [-0.4, -0.2) is 142 Å². The molecule has 0 saturated carbocycles. The molecule has 0 bridgehead atoms. The normalized spacial score (nSPS) is 25.2. The van der Waals surface area contributed by atoms with Crippen molar-refractivity contribution in [3.05, 3.63) is 12.2 Å². The van der Waals surface area contributed by atoms with Crippen molar-refractivity contribution < 1.29 is 73.8 Å². The monoisotopic (exact) mass is 1020 g/mol. The SMILES string of the molecule is CCCCCCCC/C=C/CCCCCCCC(=O)O[C@@H](COC(=O)CCCCCCCCCCCCCCCCCCCCCC)CO[C@@H]1O[C@H](CO[C@@H]2O[C@H](CO)[C@H](O)C(O)C2O)[C@H](O)C(O)C1O. The zero-order valence-electron chi connectivity index (χ0n) is 44.5. The van der Waals surface area contributed by atoms with Gasteiger partial charge in [-0.2, -0.15) is 0 Å². The van der Waals surface area contributed by atoms with Gasteiger partial charge in [-0.15, -0.1) is 0 Å². The van der Waals surface area contributed by atoms with E-state index in [2.05, 4.69) is 26.0 Å². The van der Waals surface area contributed by atoms with Crippen molar-refractivity contribution in [1.82, 2.24) is 0 Å². The van der Waals surface area contributed by atoms with Crippen LogP contribution in [0.25, 0.3) is 0 Å². The third-order valence-electron chi connectivity index (χ3n) is 14.0. The van der Waals surface area contributed by atoms with Crippen LogP contribution in [0.3, 0.4) is 0 Å². The summed E-state index contributed by atoms with van der Waals surface area (Å²) >= 11 is 0. The first-order chi connectivity index (χ1) is 34.5. The summed E-state index contributed by atoms with van der Waals surface area (Å²) in [6.45, 7) is 2.62. The molecular formula is C56H104O15. The molecule has 2 fully saturated rings. The number of hydrogen-bond donors (Lipinski definition) is 7. The summed E-state index contributed by atoms with van der Waals surface area (Å²) in [5.74, 6) is -0.920. The fourth-order valence-electron chi connectivity index (χ4n) is 9.27. The third kappa shape index (κ3) is 31.0. The van der Waals surface area contributed by atoms with Gasteiger partial charge in [0.05, 0.1) is 19.8 Å². The van der Waals surface area contributed by atoms with Gasteiger partial charge in [0.25, 0.3) is 0 Å². The zero-order chi connectivity index (χ0) is 51.7. The summed E-state index contributed by atoms with van der Waals surface area (Å²) in [7, 11) is 0. The molecule has 4 unspecified atom stereocenters. The van der Waals surface area contributed by atoms with E-state index in [-0.39, 0.29) is 26.1 Å². The van der Waals surface area contributed by atoms with Crippen LogP contribution in [0.4, 0.5) is 0 Å². The minimum atomic E-state index is -1.76. The van der Waals surface area contributed by atoms with Crippen molar-refractivity contribution >= 4 is 11.9 Å². The lowest BCUT2D eigenvalue weighted by molar-refractivity contribution is -0.332. The molecule has 0 aromatic heterocycles. The summed E-state index contributed by atoms with van der Waals surface area (Å²) in [4.78, 5) is 25.9. The second-order valence-corrected chi connectivity index (χ2v) is 20.5. The standard InChI is InChI=1S/C56H104O15/c1-3-5-7-9-11-13-15-17-19-20-21-22-23-25-26-28-30-32-34-36-38-47(58)66-41-44(69-48(59)39-37-35-33-31-29-27-24-18-16-14-12-10-8-6-4-2)42-67-55-54(65)52(63)50(61)46(71-55)43-68-56-53(64)51(62)49(60)45(40-57)70-56/h18,24,44-46,49-57,60-65H,3-17,19-23,25-43H2,1-2H3/b24-18+/t44-,45+,46+,49-,50-,51?,52?,53?,54?,55+,56+/m0/s1. The number of aliphatic hydroxyl groups excluding tert-OH is 7. The Hall–Kier alpha value is -1.76. The van der Waals surface area contributed by atoms with Crippen LogP contribution in [0.1, 0.15) is 239 Å². The van der Waals surface area contributed by atoms with Gasteiger partial charge in [-0.3, -0.25) is 9.59 Å². The van der Waals surface area contributed by atoms with Crippen LogP contribution in [0.2, 0.25) is 0 Å². The van der Waals surface area contributed by atoms with E-state index in [4.69, 9.17) is 28.4 Å². The highest BCUT2D eigenvalue weighted by Crippen LogP contribution is 2.27. The first-order valence-electron chi connectivity index (χ1n) is 28.8. The maximum Gasteiger partial charge on any atom is 0.306 e. The fraction of sp³-hybridized carbons (Fsp3) is 0.929. The number of carbonyl (C=O) groups excluding carboxylic acids is 2. The summed E-state index contributed by atoms with van der Waals surface area (Å²) in [6, 6.07) is 0. The van der Waals surface area contributed by atoms with Gasteiger partial charge in [-0.05, 0) is 38.5 Å². The van der Waals surface area contributed by atoms with Crippen molar-refractivity contribution in [1.29, 1.82) is 0 Å². The van der Waals surface area contributed by atoms with E-state index >= 15 is 0 Å². The number of rotatable bonds is 46. The molecule has 2 aliphatic heterocycles. The van der Waals surface area contributed by atoms with E-state index in [1.807, 2.05) is 0 Å². The Morgan fingerprint density at radius 3 is 1.24 bits per heavy atom. The second-order valence-electron chi connectivity index (χ2n) is 20.5. The molecule has 2 heterocycles. The first-order valence-corrected chi connectivity index (χ1v) is 28.8. The van der Waals surface area contributed by atoms with Gasteiger partial charge in [0, 0.05) is 12.8 Å². The predicted molar refractivity (Wildman–Crippen MR) is 275 cm³/mol. The molecule has 7 N–H and O–H groups in total. The van der Waals surface area contributed by atoms with Crippen molar-refractivity contribution in [3.63, 3.8) is 0 Å². The molecule has 15 heteroatoms. The molecule has 418 valence electrons. The van der Waals surface area contributed by atoms with Gasteiger partial charge in [-0.1, -0.05) is 199 Å². The molecular weight excluding hydrogens is 913 g/mol. The number of unbranched alkanes of at least 4 members (excludes halogenated alkanes) is 30. The first kappa shape index (κ1) is 65.4. The van der Waals surface area contributed by atoms with E-state index < -0.39 is 92.7 Å². The Balaban J connectivity index is 1.75. The Labute approximate surface area is 429 Å². The van der Waals surface area contributed by atoms with Gasteiger partial charge >= 0.3 is 11.9 Å². The van der Waals surface area contributed by atoms with E-state index in [9.17, 15) is 45.3 Å². The molecule has 0 aliphatic carbocycles. The highest BCUT2D eigenvalue weighted by Gasteiger charge is 2.47. The summed E-state index contributed by atoms with van der Waals surface area (Å²) in [5, 5.41) is 72.2. The molecule has 11 atom stereocenters. The van der Waals surface area contributed by atoms with Crippen molar-refractivity contribution in [2.75, 3.05) is 26.4 Å². The van der Waals surface area contributed by atoms with Crippen LogP contribution in [0, 0.1) is 0 Å². The van der Waals surface area contributed by atoms with Crippen molar-refractivity contribution in [2.24, 2.45) is 0 Å². The number of hydrogen-bond acceptors (Lipinski definition) is 15. The van der Waals surface area contributed by atoms with Gasteiger partial charge in [0.2, 0.25) is 0 Å². The lowest BCUT2D eigenvalue weighted by Crippen LogP contribution is -2.61. The predicted octanol–water partition coefficient (Wildman–Crippen LogP) is 9.33. The molecule has 0 spiro atoms. The minimum Gasteiger partial charge on any atom is -0.462 e. The molecule has 0 aromatic rings. The average molecular weight is 1020 g/mol. The minimum absolute atomic E-state index is 0.160. The second kappa shape index (κ2) is 43.5. The maximum absolute atomic E-state index is 13.0. The van der Waals surface area contributed by atoms with Crippen LogP contribution < -0.4 is 0 Å². The van der Waals surface area contributed by atoms with Gasteiger partial charge in [0.15, 0.2) is 18.7 Å². The molecule has 2 aliphatic rings. The van der Waals surface area contributed by atoms with Crippen molar-refractivity contribution in [2.45, 2.75) is 306 Å². The highest BCUT2D eigenvalue weighted by atomic mass is 16.7. The van der Waals surface area contributed by atoms with E-state index in [0.717, 1.165) is 57.8 Å². The zero-order valence-corrected chi connectivity index (χ0v) is 44.5. The van der Waals surface area contributed by atoms with Crippen LogP contribution in [0.15, 0.2) is 12.2 Å². The Kier molecular flexibility index (Phi) is 40.0. The van der Waals surface area contributed by atoms with E-state index in [1.165, 1.54) is 141 Å². The van der Waals surface area contributed by atoms with Crippen molar-refractivity contribution in [3.8, 4) is 0 Å². The summed E-state index contributed by atoms with van der Waals surface area (Å²) in [6.07, 6.45) is 28.1. The molecule has 0 aromatic carbocycles. The maximum atomic E-state index is 13.0. The average Bonchev–Trinajstić information content (AvgIpc) is 3.36. The fourth-order valence-corrected chi connectivity index (χ4v) is 9.27. The molecule has 15 nitrogen and oxygen atoms in total. The van der Waals surface area contributed by atoms with Crippen LogP contribution in [-0.2, 0) is 38.0 Å². The lowest BCUT2D eigenvalue weighted by Gasteiger charge is -2.42. The quantitative estimate of drug-likeness (QED) is 0.0171. The molecule has 2 saturated heterocycles. The Bertz CT molecular complexity index is 1290. The van der Waals surface area contributed by atoms with E-state index in [1.54, 1.807) is 0 Å². The van der Waals surface area contributed by atoms with Gasteiger partial charge in [0.1, 0.15) is 55.4 Å². The van der Waals surface area contributed by atoms with E-state index in [0.29, 0.717) is 12.8 Å². The highest BCUT2D eigenvalue weighted by molar-refractivity contribution is 5.70. The third-order valence-corrected chi connectivity index (χ3v) is 14.0. The van der Waals surface area contributed by atoms with Gasteiger partial charge in [-0.25, -0.2) is 0 Å². The molecule has 0 radical (unpaired) electrons. The Morgan fingerprint density at radius 2 is 0.803 bits per heavy atom. The van der Waals surface area contributed by atoms with Gasteiger partial charge < -0.3 is 64.2 Å². The Morgan fingerprint density at radius 1 is 0.437 bits per heavy atom. The van der Waals surface area contributed by atoms with Crippen LogP contribution >= 0.6 is 0 Å². The number of aliphatic hydroxyl groups is 7. The smallest absolute Gasteiger partial charge is 0.306 e. The largest absolute Gasteiger partial charge is 0.462 e. The summed E-state index contributed by atoms with van der Waals surface area (Å²) in [5.41, 5.74) is 0. The lowest BCUT2D eigenvalue weighted by atomic mass is 9.98. The number of carbonyl (C=O) groups is 2. The molecule has 0 amide bonds. The topological polar surface area (TPSA) is 231 Å². The summed E-state index contributed by atoms with van der Waals surface area (Å²) < 4.78 is 33.7. The number of allylic oxidation sites excluding steroid dienone is 2.